The van der Waals surface area contributed by atoms with E-state index in [0.29, 0.717) is 6.07 Å². The van der Waals surface area contributed by atoms with E-state index in [1.54, 1.807) is 0 Å². The molecule has 0 aliphatic rings. The molecule has 0 unspecified atom stereocenters. The van der Waals surface area contributed by atoms with Crippen molar-refractivity contribution in [1.29, 1.82) is 0 Å². The van der Waals surface area contributed by atoms with Gasteiger partial charge in [0, 0.05) is 0 Å². The lowest BCUT2D eigenvalue weighted by molar-refractivity contribution is -0.137. The summed E-state index contributed by atoms with van der Waals surface area (Å²) in [5.74, 6) is -0.187. The van der Waals surface area contributed by atoms with Crippen LogP contribution in [-0.2, 0) is 16.2 Å². The Balaban J connectivity index is 3.07. The largest absolute Gasteiger partial charge is 0.416 e. The second-order valence-electron chi connectivity index (χ2n) is 3.31. The third kappa shape index (κ3) is 3.52. The average Bonchev–Trinajstić information content (AvgIpc) is 2.19. The van der Waals surface area contributed by atoms with Gasteiger partial charge in [-0.05, 0) is 25.1 Å². The molecule has 8 heteroatoms. The van der Waals surface area contributed by atoms with Gasteiger partial charge in [0.05, 0.1) is 22.7 Å². The van der Waals surface area contributed by atoms with Crippen LogP contribution >= 0.6 is 0 Å². The molecule has 0 aromatic heterocycles. The van der Waals surface area contributed by atoms with Crippen molar-refractivity contribution in [2.24, 2.45) is 0 Å². The molecule has 0 radical (unpaired) electrons. The van der Waals surface area contributed by atoms with E-state index in [9.17, 15) is 21.6 Å². The van der Waals surface area contributed by atoms with Gasteiger partial charge in [0.1, 0.15) is 0 Å². The number of benzene rings is 1. The summed E-state index contributed by atoms with van der Waals surface area (Å²) in [6, 6.07) is 2.45. The molecule has 1 aromatic rings. The van der Waals surface area contributed by atoms with Crippen molar-refractivity contribution < 1.29 is 21.6 Å². The number of anilines is 2. The molecule has 0 atom stereocenters. The Morgan fingerprint density at radius 3 is 2.35 bits per heavy atom. The summed E-state index contributed by atoms with van der Waals surface area (Å²) in [5, 5.41) is 0. The summed E-state index contributed by atoms with van der Waals surface area (Å²) < 4.78 is 61.5. The lowest BCUT2D eigenvalue weighted by Gasteiger charge is -2.12. The van der Waals surface area contributed by atoms with Crippen molar-refractivity contribution in [2.45, 2.75) is 13.1 Å². The van der Waals surface area contributed by atoms with E-state index >= 15 is 0 Å². The highest BCUT2D eigenvalue weighted by atomic mass is 32.2. The predicted octanol–water partition coefficient (Wildman–Crippen LogP) is 2.05. The maximum atomic E-state index is 12.3. The molecule has 0 spiro atoms. The minimum atomic E-state index is -4.50. The minimum absolute atomic E-state index is 0.0557. The lowest BCUT2D eigenvalue weighted by atomic mass is 10.2. The third-order valence-electron chi connectivity index (χ3n) is 2.02. The molecule has 96 valence electrons. The van der Waals surface area contributed by atoms with Gasteiger partial charge in [-0.2, -0.15) is 13.2 Å². The van der Waals surface area contributed by atoms with Crippen LogP contribution in [-0.4, -0.2) is 14.2 Å². The Labute approximate surface area is 96.7 Å². The van der Waals surface area contributed by atoms with E-state index in [1.807, 2.05) is 0 Å². The average molecular weight is 268 g/mol. The predicted molar refractivity (Wildman–Crippen MR) is 58.9 cm³/mol. The number of alkyl halides is 3. The van der Waals surface area contributed by atoms with Gasteiger partial charge in [0.2, 0.25) is 10.0 Å². The summed E-state index contributed by atoms with van der Waals surface area (Å²) in [5.41, 5.74) is 4.11. The number of hydrogen-bond acceptors (Lipinski definition) is 3. The number of hydrogen-bond donors (Lipinski definition) is 2. The zero-order valence-electron chi connectivity index (χ0n) is 8.88. The molecule has 3 N–H and O–H groups in total. The standard InChI is InChI=1S/C9H11F3N2O2S/c1-2-17(15,16)14-8-4-3-6(5-7(8)13)9(10,11)12/h3-5,14H,2,13H2,1H3. The van der Waals surface area contributed by atoms with Gasteiger partial charge in [-0.1, -0.05) is 0 Å². The molecule has 0 fully saturated rings. The van der Waals surface area contributed by atoms with Gasteiger partial charge in [0.25, 0.3) is 0 Å². The second-order valence-corrected chi connectivity index (χ2v) is 5.32. The Morgan fingerprint density at radius 2 is 1.94 bits per heavy atom. The highest BCUT2D eigenvalue weighted by molar-refractivity contribution is 7.92. The quantitative estimate of drug-likeness (QED) is 0.824. The van der Waals surface area contributed by atoms with Crippen LogP contribution in [0.15, 0.2) is 18.2 Å². The number of rotatable bonds is 3. The van der Waals surface area contributed by atoms with Gasteiger partial charge in [-0.25, -0.2) is 8.42 Å². The molecular weight excluding hydrogens is 257 g/mol. The van der Waals surface area contributed by atoms with Crippen molar-refractivity contribution in [3.05, 3.63) is 23.8 Å². The zero-order chi connectivity index (χ0) is 13.3. The smallest absolute Gasteiger partial charge is 0.397 e. The van der Waals surface area contributed by atoms with E-state index in [0.717, 1.165) is 12.1 Å². The van der Waals surface area contributed by atoms with Gasteiger partial charge in [-0.15, -0.1) is 0 Å². The molecule has 1 rings (SSSR count). The number of nitrogens with one attached hydrogen (secondary N) is 1. The number of sulfonamides is 1. The molecule has 0 heterocycles. The highest BCUT2D eigenvalue weighted by Gasteiger charge is 2.30. The number of nitrogen functional groups attached to an aromatic ring is 1. The van der Waals surface area contributed by atoms with Crippen LogP contribution < -0.4 is 10.5 Å². The van der Waals surface area contributed by atoms with Gasteiger partial charge in [-0.3, -0.25) is 4.72 Å². The lowest BCUT2D eigenvalue weighted by Crippen LogP contribution is -2.16. The summed E-state index contributed by atoms with van der Waals surface area (Å²) in [6.45, 7) is 1.41. The first kappa shape index (κ1) is 13.6. The summed E-state index contributed by atoms with van der Waals surface area (Å²) in [4.78, 5) is 0. The molecule has 0 saturated carbocycles. The number of halogens is 3. The fourth-order valence-corrected chi connectivity index (χ4v) is 1.74. The Kier molecular flexibility index (Phi) is 3.56. The van der Waals surface area contributed by atoms with Crippen molar-refractivity contribution in [3.63, 3.8) is 0 Å². The van der Waals surface area contributed by atoms with E-state index < -0.39 is 21.8 Å². The van der Waals surface area contributed by atoms with E-state index in [1.165, 1.54) is 6.92 Å². The van der Waals surface area contributed by atoms with Crippen molar-refractivity contribution in [3.8, 4) is 0 Å². The van der Waals surface area contributed by atoms with E-state index in [4.69, 9.17) is 5.73 Å². The van der Waals surface area contributed by atoms with E-state index in [2.05, 4.69) is 4.72 Å². The Bertz CT molecular complexity index is 511. The van der Waals surface area contributed by atoms with Crippen LogP contribution in [0.25, 0.3) is 0 Å². The Morgan fingerprint density at radius 1 is 1.35 bits per heavy atom. The van der Waals surface area contributed by atoms with Crippen molar-refractivity contribution in [1.82, 2.24) is 0 Å². The summed E-state index contributed by atoms with van der Waals surface area (Å²) in [7, 11) is -3.55. The van der Waals surface area contributed by atoms with Crippen molar-refractivity contribution >= 4 is 21.4 Å². The van der Waals surface area contributed by atoms with Crippen LogP contribution in [0.3, 0.4) is 0 Å². The molecule has 1 aromatic carbocycles. The van der Waals surface area contributed by atoms with Crippen LogP contribution in [0.5, 0.6) is 0 Å². The first-order valence-corrected chi connectivity index (χ1v) is 6.28. The molecule has 0 saturated heterocycles. The second kappa shape index (κ2) is 4.44. The normalized spacial score (nSPS) is 12.5. The molecular formula is C9H11F3N2O2S. The molecule has 0 aliphatic carbocycles. The maximum absolute atomic E-state index is 12.3. The minimum Gasteiger partial charge on any atom is -0.397 e. The van der Waals surface area contributed by atoms with Crippen LogP contribution in [0, 0.1) is 0 Å². The molecule has 0 bridgehead atoms. The molecule has 0 amide bonds. The first-order valence-electron chi connectivity index (χ1n) is 4.63. The zero-order valence-corrected chi connectivity index (χ0v) is 9.69. The van der Waals surface area contributed by atoms with Gasteiger partial charge in [0.15, 0.2) is 0 Å². The van der Waals surface area contributed by atoms with Gasteiger partial charge >= 0.3 is 6.18 Å². The fourth-order valence-electron chi connectivity index (χ4n) is 1.07. The SMILES string of the molecule is CCS(=O)(=O)Nc1ccc(C(F)(F)F)cc1N. The van der Waals surface area contributed by atoms with E-state index in [-0.39, 0.29) is 17.1 Å². The molecule has 4 nitrogen and oxygen atoms in total. The monoisotopic (exact) mass is 268 g/mol. The highest BCUT2D eigenvalue weighted by Crippen LogP contribution is 2.32. The van der Waals surface area contributed by atoms with Crippen molar-refractivity contribution in [2.75, 3.05) is 16.2 Å². The first-order chi connectivity index (χ1) is 7.65. The van der Waals surface area contributed by atoms with Crippen LogP contribution in [0.2, 0.25) is 0 Å². The summed E-state index contributed by atoms with van der Waals surface area (Å²) in [6.07, 6.45) is -4.50. The third-order valence-corrected chi connectivity index (χ3v) is 3.32. The Hall–Kier alpha value is -1.44. The topological polar surface area (TPSA) is 72.2 Å². The molecule has 17 heavy (non-hydrogen) atoms. The fraction of sp³-hybridized carbons (Fsp3) is 0.333. The summed E-state index contributed by atoms with van der Waals surface area (Å²) >= 11 is 0. The van der Waals surface area contributed by atoms with Crippen LogP contribution in [0.4, 0.5) is 24.5 Å². The maximum Gasteiger partial charge on any atom is 0.416 e. The van der Waals surface area contributed by atoms with Gasteiger partial charge < -0.3 is 5.73 Å². The molecule has 0 aliphatic heterocycles. The number of nitrogens with two attached hydrogens (primary N) is 1. The van der Waals surface area contributed by atoms with Crippen LogP contribution in [0.1, 0.15) is 12.5 Å².